The Morgan fingerprint density at radius 1 is 1.33 bits per heavy atom. The number of imide groups is 1. The highest BCUT2D eigenvalue weighted by molar-refractivity contribution is 7.17. The van der Waals surface area contributed by atoms with Crippen molar-refractivity contribution in [2.45, 2.75) is 26.2 Å². The fourth-order valence-corrected chi connectivity index (χ4v) is 4.32. The number of hydrogen-bond donors (Lipinski definition) is 0. The second-order valence-corrected chi connectivity index (χ2v) is 6.45. The molecule has 21 heavy (non-hydrogen) atoms. The maximum Gasteiger partial charge on any atom is 0.341 e. The Hall–Kier alpha value is -1.95. The molecule has 0 aromatic carbocycles. The summed E-state index contributed by atoms with van der Waals surface area (Å²) in [6.45, 7) is 2.16. The van der Waals surface area contributed by atoms with Gasteiger partial charge >= 0.3 is 5.97 Å². The summed E-state index contributed by atoms with van der Waals surface area (Å²) in [4.78, 5) is 38.1. The molecule has 1 atom stereocenters. The van der Waals surface area contributed by atoms with Gasteiger partial charge in [0.1, 0.15) is 5.00 Å². The number of rotatable bonds is 2. The Balaban J connectivity index is 2.14. The Morgan fingerprint density at radius 3 is 2.62 bits per heavy atom. The first-order chi connectivity index (χ1) is 10.0. The summed E-state index contributed by atoms with van der Waals surface area (Å²) >= 11 is 1.36. The van der Waals surface area contributed by atoms with Crippen LogP contribution in [0.3, 0.4) is 0 Å². The lowest BCUT2D eigenvalue weighted by Gasteiger charge is -2.18. The summed E-state index contributed by atoms with van der Waals surface area (Å²) in [5.41, 5.74) is 1.32. The minimum atomic E-state index is -0.482. The fourth-order valence-electron chi connectivity index (χ4n) is 2.81. The van der Waals surface area contributed by atoms with Crippen molar-refractivity contribution < 1.29 is 19.1 Å². The molecule has 0 fully saturated rings. The Bertz CT molecular complexity index is 655. The van der Waals surface area contributed by atoms with Crippen molar-refractivity contribution in [3.05, 3.63) is 28.2 Å². The molecule has 2 aliphatic rings. The van der Waals surface area contributed by atoms with Crippen molar-refractivity contribution >= 4 is 34.1 Å². The van der Waals surface area contributed by atoms with E-state index in [1.807, 2.05) is 0 Å². The van der Waals surface area contributed by atoms with Crippen molar-refractivity contribution in [2.24, 2.45) is 5.92 Å². The first-order valence-electron chi connectivity index (χ1n) is 6.82. The third-order valence-corrected chi connectivity index (χ3v) is 5.13. The molecule has 6 heteroatoms. The molecular weight excluding hydrogens is 290 g/mol. The van der Waals surface area contributed by atoms with Crippen molar-refractivity contribution in [1.82, 2.24) is 0 Å². The number of amides is 2. The lowest BCUT2D eigenvalue weighted by atomic mass is 9.88. The standard InChI is InChI=1S/C15H15NO4S/c1-8-3-4-9-10(7-8)21-14(13(9)15(19)20-2)16-11(17)5-6-12(16)18/h5-6,8H,3-4,7H2,1-2H3. The fraction of sp³-hybridized carbons (Fsp3) is 0.400. The number of carbonyl (C=O) groups is 3. The molecule has 0 N–H and O–H groups in total. The number of thiophene rings is 1. The maximum atomic E-state index is 12.1. The van der Waals surface area contributed by atoms with Crippen LogP contribution in [0, 0.1) is 5.92 Å². The summed E-state index contributed by atoms with van der Waals surface area (Å²) in [7, 11) is 1.31. The van der Waals surface area contributed by atoms with Crippen molar-refractivity contribution in [3.8, 4) is 0 Å². The van der Waals surface area contributed by atoms with Gasteiger partial charge in [-0.25, -0.2) is 9.69 Å². The average molecular weight is 305 g/mol. The van der Waals surface area contributed by atoms with E-state index < -0.39 is 17.8 Å². The average Bonchev–Trinajstić information content (AvgIpc) is 2.97. The predicted octanol–water partition coefficient (Wildman–Crippen LogP) is 2.09. The monoisotopic (exact) mass is 305 g/mol. The first kappa shape index (κ1) is 14.0. The van der Waals surface area contributed by atoms with Crippen LogP contribution < -0.4 is 4.90 Å². The van der Waals surface area contributed by atoms with E-state index in [4.69, 9.17) is 4.74 Å². The van der Waals surface area contributed by atoms with E-state index in [0.717, 1.165) is 34.6 Å². The number of ether oxygens (including phenoxy) is 1. The molecular formula is C15H15NO4S. The number of anilines is 1. The van der Waals surface area contributed by atoms with Crippen molar-refractivity contribution in [2.75, 3.05) is 12.0 Å². The summed E-state index contributed by atoms with van der Waals surface area (Å²) in [6, 6.07) is 0. The van der Waals surface area contributed by atoms with Gasteiger partial charge in [0.25, 0.3) is 11.8 Å². The molecule has 0 radical (unpaired) electrons. The van der Waals surface area contributed by atoms with Crippen LogP contribution in [0.1, 0.15) is 34.1 Å². The number of methoxy groups -OCH3 is 1. The molecule has 0 saturated heterocycles. The number of nitrogens with zero attached hydrogens (tertiary/aromatic N) is 1. The number of esters is 1. The summed E-state index contributed by atoms with van der Waals surface area (Å²) in [5, 5.41) is 0.404. The first-order valence-corrected chi connectivity index (χ1v) is 7.63. The molecule has 1 aromatic heterocycles. The van der Waals surface area contributed by atoms with Gasteiger partial charge < -0.3 is 4.74 Å². The van der Waals surface area contributed by atoms with Gasteiger partial charge in [-0.3, -0.25) is 9.59 Å². The zero-order valence-corrected chi connectivity index (χ0v) is 12.7. The van der Waals surface area contributed by atoms with Crippen LogP contribution in [0.25, 0.3) is 0 Å². The zero-order valence-electron chi connectivity index (χ0n) is 11.8. The second-order valence-electron chi connectivity index (χ2n) is 5.37. The van der Waals surface area contributed by atoms with E-state index in [2.05, 4.69) is 6.92 Å². The van der Waals surface area contributed by atoms with Crippen molar-refractivity contribution in [1.29, 1.82) is 0 Å². The largest absolute Gasteiger partial charge is 0.465 e. The highest BCUT2D eigenvalue weighted by Crippen LogP contribution is 2.42. The molecule has 3 rings (SSSR count). The second kappa shape index (κ2) is 5.11. The zero-order chi connectivity index (χ0) is 15.1. The molecule has 0 bridgehead atoms. The van der Waals surface area contributed by atoms with E-state index >= 15 is 0 Å². The summed E-state index contributed by atoms with van der Waals surface area (Å²) < 4.78 is 4.86. The van der Waals surface area contributed by atoms with Gasteiger partial charge in [-0.1, -0.05) is 6.92 Å². The van der Waals surface area contributed by atoms with E-state index in [0.29, 0.717) is 16.5 Å². The highest BCUT2D eigenvalue weighted by atomic mass is 32.1. The number of carbonyl (C=O) groups excluding carboxylic acids is 3. The van der Waals surface area contributed by atoms with Gasteiger partial charge in [0.2, 0.25) is 0 Å². The minimum Gasteiger partial charge on any atom is -0.465 e. The van der Waals surface area contributed by atoms with Crippen LogP contribution in [-0.4, -0.2) is 24.9 Å². The molecule has 1 aromatic rings. The molecule has 5 nitrogen and oxygen atoms in total. The molecule has 1 aliphatic carbocycles. The molecule has 110 valence electrons. The quantitative estimate of drug-likeness (QED) is 0.620. The van der Waals surface area contributed by atoms with Crippen molar-refractivity contribution in [3.63, 3.8) is 0 Å². The van der Waals surface area contributed by atoms with Gasteiger partial charge in [0, 0.05) is 17.0 Å². The molecule has 1 aliphatic heterocycles. The van der Waals surface area contributed by atoms with E-state index in [9.17, 15) is 14.4 Å². The topological polar surface area (TPSA) is 63.7 Å². The molecule has 0 spiro atoms. The van der Waals surface area contributed by atoms with Crippen LogP contribution >= 0.6 is 11.3 Å². The van der Waals surface area contributed by atoms with Crippen LogP contribution in [0.5, 0.6) is 0 Å². The Labute approximate surface area is 126 Å². The lowest BCUT2D eigenvalue weighted by molar-refractivity contribution is -0.119. The third-order valence-electron chi connectivity index (χ3n) is 3.89. The molecule has 1 unspecified atom stereocenters. The van der Waals surface area contributed by atoms with Crippen LogP contribution in [0.4, 0.5) is 5.00 Å². The van der Waals surface area contributed by atoms with Gasteiger partial charge in [0.15, 0.2) is 0 Å². The SMILES string of the molecule is COC(=O)c1c(N2C(=O)C=CC2=O)sc2c1CCC(C)C2. The highest BCUT2D eigenvalue weighted by Gasteiger charge is 2.35. The number of fused-ring (bicyclic) bond motifs is 1. The minimum absolute atomic E-state index is 0.384. The van der Waals surface area contributed by atoms with Gasteiger partial charge in [0.05, 0.1) is 12.7 Å². The smallest absolute Gasteiger partial charge is 0.341 e. The lowest BCUT2D eigenvalue weighted by Crippen LogP contribution is -2.30. The Kier molecular flexibility index (Phi) is 3.41. The molecule has 2 heterocycles. The summed E-state index contributed by atoms with van der Waals surface area (Å²) in [6.07, 6.45) is 5.09. The van der Waals surface area contributed by atoms with Gasteiger partial charge in [-0.2, -0.15) is 0 Å². The predicted molar refractivity (Wildman–Crippen MR) is 78.5 cm³/mol. The van der Waals surface area contributed by atoms with Gasteiger partial charge in [-0.15, -0.1) is 11.3 Å². The normalized spacial score (nSPS) is 20.9. The maximum absolute atomic E-state index is 12.1. The van der Waals surface area contributed by atoms with Crippen LogP contribution in [-0.2, 0) is 27.2 Å². The molecule has 0 saturated carbocycles. The van der Waals surface area contributed by atoms with E-state index in [1.54, 1.807) is 0 Å². The number of hydrogen-bond acceptors (Lipinski definition) is 5. The third kappa shape index (κ3) is 2.19. The molecule has 2 amide bonds. The Morgan fingerprint density at radius 2 is 2.00 bits per heavy atom. The van der Waals surface area contributed by atoms with Gasteiger partial charge in [-0.05, 0) is 30.7 Å². The van der Waals surface area contributed by atoms with E-state index in [-0.39, 0.29) is 0 Å². The summed E-state index contributed by atoms with van der Waals surface area (Å²) in [5.74, 6) is -0.754. The van der Waals surface area contributed by atoms with E-state index in [1.165, 1.54) is 30.6 Å². The van der Waals surface area contributed by atoms with Crippen LogP contribution in [0.15, 0.2) is 12.2 Å². The van der Waals surface area contributed by atoms with Crippen LogP contribution in [0.2, 0.25) is 0 Å².